The van der Waals surface area contributed by atoms with Gasteiger partial charge in [-0.05, 0) is 29.7 Å². The summed E-state index contributed by atoms with van der Waals surface area (Å²) in [5.41, 5.74) is 3.76. The van der Waals surface area contributed by atoms with Crippen LogP contribution in [0.25, 0.3) is 11.1 Å². The molecule has 0 aliphatic carbocycles. The van der Waals surface area contributed by atoms with Crippen molar-refractivity contribution >= 4 is 5.91 Å². The highest BCUT2D eigenvalue weighted by molar-refractivity contribution is 5.95. The van der Waals surface area contributed by atoms with Gasteiger partial charge in [0.25, 0.3) is 5.91 Å². The maximum atomic E-state index is 13.1. The third-order valence-corrected chi connectivity index (χ3v) is 5.53. The van der Waals surface area contributed by atoms with E-state index in [0.717, 1.165) is 41.5 Å². The van der Waals surface area contributed by atoms with Gasteiger partial charge in [0, 0.05) is 25.1 Å². The van der Waals surface area contributed by atoms with Crippen LogP contribution in [-0.2, 0) is 17.7 Å². The second-order valence-corrected chi connectivity index (χ2v) is 7.41. The van der Waals surface area contributed by atoms with Crippen LogP contribution >= 0.6 is 0 Å². The topological polar surface area (TPSA) is 55.6 Å². The lowest BCUT2D eigenvalue weighted by Crippen LogP contribution is -2.35. The van der Waals surface area contributed by atoms with E-state index in [1.54, 1.807) is 0 Å². The summed E-state index contributed by atoms with van der Waals surface area (Å²) in [7, 11) is 0. The van der Waals surface area contributed by atoms with Gasteiger partial charge >= 0.3 is 0 Å². The third kappa shape index (κ3) is 3.22. The molecule has 1 aromatic heterocycles. The van der Waals surface area contributed by atoms with Crippen LogP contribution in [0.4, 0.5) is 0 Å². The molecular formula is C23H22N2O3. The molecule has 3 aromatic rings. The zero-order valence-corrected chi connectivity index (χ0v) is 15.6. The van der Waals surface area contributed by atoms with Gasteiger partial charge in [-0.1, -0.05) is 42.5 Å². The Kier molecular flexibility index (Phi) is 4.45. The maximum Gasteiger partial charge on any atom is 0.254 e. The number of hydrogen-bond donors (Lipinski definition) is 0. The summed E-state index contributed by atoms with van der Waals surface area (Å²) in [6, 6.07) is 18.0. The fourth-order valence-electron chi connectivity index (χ4n) is 3.94. The first-order valence-electron chi connectivity index (χ1n) is 9.79. The second kappa shape index (κ2) is 7.24. The van der Waals surface area contributed by atoms with E-state index in [4.69, 9.17) is 9.15 Å². The van der Waals surface area contributed by atoms with Crippen LogP contribution in [0.1, 0.15) is 40.0 Å². The fraction of sp³-hybridized carbons (Fsp3) is 0.304. The van der Waals surface area contributed by atoms with Crippen molar-refractivity contribution in [3.63, 3.8) is 0 Å². The Morgan fingerprint density at radius 2 is 1.93 bits per heavy atom. The van der Waals surface area contributed by atoms with Gasteiger partial charge in [0.05, 0.1) is 19.1 Å². The summed E-state index contributed by atoms with van der Waals surface area (Å²) >= 11 is 0. The van der Waals surface area contributed by atoms with Crippen molar-refractivity contribution in [1.29, 1.82) is 0 Å². The summed E-state index contributed by atoms with van der Waals surface area (Å²) in [5.74, 6) is 1.97. The van der Waals surface area contributed by atoms with Gasteiger partial charge in [0.15, 0.2) is 5.89 Å². The second-order valence-electron chi connectivity index (χ2n) is 7.41. The predicted molar refractivity (Wildman–Crippen MR) is 105 cm³/mol. The van der Waals surface area contributed by atoms with Crippen LogP contribution in [-0.4, -0.2) is 35.5 Å². The number of rotatable bonds is 3. The van der Waals surface area contributed by atoms with E-state index < -0.39 is 0 Å². The molecule has 1 amide bonds. The van der Waals surface area contributed by atoms with Crippen LogP contribution in [0, 0.1) is 0 Å². The number of oxazole rings is 1. The number of amides is 1. The Morgan fingerprint density at radius 3 is 2.75 bits per heavy atom. The first kappa shape index (κ1) is 17.2. The lowest BCUT2D eigenvalue weighted by atomic mass is 10.0. The number of fused-ring (bicyclic) bond motifs is 1. The Balaban J connectivity index is 1.35. The van der Waals surface area contributed by atoms with Crippen molar-refractivity contribution < 1.29 is 13.9 Å². The number of benzene rings is 2. The van der Waals surface area contributed by atoms with Gasteiger partial charge in [-0.15, -0.1) is 0 Å². The molecule has 0 N–H and O–H groups in total. The molecule has 0 saturated carbocycles. The van der Waals surface area contributed by atoms with E-state index >= 15 is 0 Å². The van der Waals surface area contributed by atoms with Crippen molar-refractivity contribution in [1.82, 2.24) is 9.88 Å². The highest BCUT2D eigenvalue weighted by atomic mass is 16.5. The molecule has 142 valence electrons. The molecule has 1 saturated heterocycles. The lowest BCUT2D eigenvalue weighted by molar-refractivity contribution is 0.0728. The average Bonchev–Trinajstić information content (AvgIpc) is 3.43. The van der Waals surface area contributed by atoms with Gasteiger partial charge < -0.3 is 14.1 Å². The quantitative estimate of drug-likeness (QED) is 0.694. The van der Waals surface area contributed by atoms with Gasteiger partial charge in [-0.2, -0.15) is 0 Å². The highest BCUT2D eigenvalue weighted by Crippen LogP contribution is 2.29. The molecule has 0 radical (unpaired) electrons. The molecule has 3 heterocycles. The standard InChI is InChI=1S/C23H22N2O3/c26-23(18-8-4-7-17(13-18)16-5-2-1-3-6-16)25-11-9-21-20(14-25)24-22(28-21)19-10-12-27-15-19/h1-8,13,19H,9-12,14-15H2. The van der Waals surface area contributed by atoms with Gasteiger partial charge in [0.1, 0.15) is 11.5 Å². The Labute approximate surface area is 164 Å². The number of nitrogens with zero attached hydrogens (tertiary/aromatic N) is 2. The molecule has 0 bridgehead atoms. The summed E-state index contributed by atoms with van der Waals surface area (Å²) in [6.45, 7) is 2.59. The SMILES string of the molecule is O=C(c1cccc(-c2ccccc2)c1)N1CCc2oc(C3CCOC3)nc2C1. The van der Waals surface area contributed by atoms with Crippen molar-refractivity contribution in [3.8, 4) is 11.1 Å². The van der Waals surface area contributed by atoms with Gasteiger partial charge in [-0.3, -0.25) is 4.79 Å². The van der Waals surface area contributed by atoms with Crippen LogP contribution in [0.3, 0.4) is 0 Å². The zero-order chi connectivity index (χ0) is 18.9. The molecule has 2 aromatic carbocycles. The van der Waals surface area contributed by atoms with Crippen molar-refractivity contribution in [2.24, 2.45) is 0 Å². The predicted octanol–water partition coefficient (Wildman–Crippen LogP) is 4.04. The van der Waals surface area contributed by atoms with Crippen LogP contribution in [0.15, 0.2) is 59.0 Å². The Morgan fingerprint density at radius 1 is 1.07 bits per heavy atom. The van der Waals surface area contributed by atoms with E-state index in [1.165, 1.54) is 0 Å². The molecule has 1 fully saturated rings. The molecule has 2 aliphatic rings. The fourth-order valence-corrected chi connectivity index (χ4v) is 3.94. The molecule has 1 atom stereocenters. The van der Waals surface area contributed by atoms with Crippen molar-refractivity contribution in [2.75, 3.05) is 19.8 Å². The molecule has 0 spiro atoms. The minimum absolute atomic E-state index is 0.0391. The molecule has 5 heteroatoms. The molecule has 5 rings (SSSR count). The van der Waals surface area contributed by atoms with E-state index in [1.807, 2.05) is 47.4 Å². The number of carbonyl (C=O) groups excluding carboxylic acids is 1. The van der Waals surface area contributed by atoms with Gasteiger partial charge in [0.2, 0.25) is 0 Å². The van der Waals surface area contributed by atoms with Crippen LogP contribution in [0.2, 0.25) is 0 Å². The average molecular weight is 374 g/mol. The van der Waals surface area contributed by atoms with Crippen LogP contribution < -0.4 is 0 Å². The minimum atomic E-state index is 0.0391. The summed E-state index contributed by atoms with van der Waals surface area (Å²) in [5, 5.41) is 0. The van der Waals surface area contributed by atoms with Gasteiger partial charge in [-0.25, -0.2) is 4.98 Å². The molecule has 1 unspecified atom stereocenters. The summed E-state index contributed by atoms with van der Waals surface area (Å²) in [4.78, 5) is 19.7. The number of aromatic nitrogens is 1. The van der Waals surface area contributed by atoms with Crippen molar-refractivity contribution in [2.45, 2.75) is 25.3 Å². The van der Waals surface area contributed by atoms with Crippen LogP contribution in [0.5, 0.6) is 0 Å². The minimum Gasteiger partial charge on any atom is -0.445 e. The monoisotopic (exact) mass is 374 g/mol. The third-order valence-electron chi connectivity index (χ3n) is 5.53. The highest BCUT2D eigenvalue weighted by Gasteiger charge is 2.29. The zero-order valence-electron chi connectivity index (χ0n) is 15.6. The molecule has 2 aliphatic heterocycles. The molecular weight excluding hydrogens is 352 g/mol. The van der Waals surface area contributed by atoms with E-state index in [2.05, 4.69) is 17.1 Å². The maximum absolute atomic E-state index is 13.1. The molecule has 5 nitrogen and oxygen atoms in total. The number of ether oxygens (including phenoxy) is 1. The number of hydrogen-bond acceptors (Lipinski definition) is 4. The smallest absolute Gasteiger partial charge is 0.254 e. The Bertz CT molecular complexity index is 990. The lowest BCUT2D eigenvalue weighted by Gasteiger charge is -2.25. The first-order chi connectivity index (χ1) is 13.8. The molecule has 28 heavy (non-hydrogen) atoms. The summed E-state index contributed by atoms with van der Waals surface area (Å²) in [6.07, 6.45) is 1.66. The first-order valence-corrected chi connectivity index (χ1v) is 9.79. The van der Waals surface area contributed by atoms with E-state index in [-0.39, 0.29) is 11.8 Å². The van der Waals surface area contributed by atoms with Crippen molar-refractivity contribution in [3.05, 3.63) is 77.5 Å². The largest absolute Gasteiger partial charge is 0.445 e. The van der Waals surface area contributed by atoms with E-state index in [0.29, 0.717) is 31.7 Å². The normalized spacial score (nSPS) is 18.9. The Hall–Kier alpha value is -2.92. The summed E-state index contributed by atoms with van der Waals surface area (Å²) < 4.78 is 11.4. The van der Waals surface area contributed by atoms with E-state index in [9.17, 15) is 4.79 Å². The number of carbonyl (C=O) groups is 1.